The summed E-state index contributed by atoms with van der Waals surface area (Å²) in [5.74, 6) is -0.337. The highest BCUT2D eigenvalue weighted by Gasteiger charge is 2.13. The number of ether oxygens (including phenoxy) is 1. The number of carbonyl (C=O) groups is 1. The molecule has 0 aliphatic rings. The molecule has 4 heteroatoms. The Balaban J connectivity index is 0.00000162. The van der Waals surface area contributed by atoms with Gasteiger partial charge >= 0.3 is 5.97 Å². The van der Waals surface area contributed by atoms with Crippen LogP contribution in [0.15, 0.2) is 60.7 Å². The summed E-state index contributed by atoms with van der Waals surface area (Å²) in [5.41, 5.74) is 1.46. The molecular weight excluding hydrogens is 311 g/mol. The van der Waals surface area contributed by atoms with Crippen molar-refractivity contribution in [3.8, 4) is 0 Å². The minimum absolute atomic E-state index is 0. The molecule has 2 aromatic carbocycles. The predicted molar refractivity (Wildman–Crippen MR) is 81.1 cm³/mol. The fraction of sp³-hybridized carbons (Fsp3) is 0.0714. The summed E-state index contributed by atoms with van der Waals surface area (Å²) in [6.45, 7) is 0. The van der Waals surface area contributed by atoms with Gasteiger partial charge in [0.1, 0.15) is 0 Å². The van der Waals surface area contributed by atoms with Gasteiger partial charge in [0.15, 0.2) is 5.01 Å². The summed E-state index contributed by atoms with van der Waals surface area (Å²) in [5, 5.41) is -0.420. The average molecular weight is 325 g/mol. The molecule has 0 aromatic heterocycles. The minimum atomic E-state index is -0.420. The largest absolute Gasteiger partial charge is 0.442 e. The molecule has 18 heavy (non-hydrogen) atoms. The molecule has 0 aliphatic carbocycles. The molecule has 0 heterocycles. The van der Waals surface area contributed by atoms with Crippen LogP contribution in [0.2, 0.25) is 0 Å². The quantitative estimate of drug-likeness (QED) is 0.484. The van der Waals surface area contributed by atoms with Gasteiger partial charge in [-0.3, -0.25) is 0 Å². The smallest absolute Gasteiger partial charge is 0.339 e. The van der Waals surface area contributed by atoms with Gasteiger partial charge in [-0.2, -0.15) is 9.90 Å². The lowest BCUT2D eigenvalue weighted by Crippen LogP contribution is -2.07. The van der Waals surface area contributed by atoms with E-state index < -0.39 is 5.01 Å². The second-order valence-electron chi connectivity index (χ2n) is 3.50. The maximum absolute atomic E-state index is 11.8. The van der Waals surface area contributed by atoms with Crippen LogP contribution in [-0.2, 0) is 4.74 Å². The van der Waals surface area contributed by atoms with Crippen LogP contribution in [0.5, 0.6) is 0 Å². The third-order valence-electron chi connectivity index (χ3n) is 2.28. The molecule has 2 aromatic rings. The van der Waals surface area contributed by atoms with Gasteiger partial charge in [-0.25, -0.2) is 4.79 Å². The highest BCUT2D eigenvalue weighted by molar-refractivity contribution is 9.09. The second kappa shape index (κ2) is 7.30. The van der Waals surface area contributed by atoms with E-state index in [9.17, 15) is 4.79 Å². The van der Waals surface area contributed by atoms with Gasteiger partial charge in [0, 0.05) is 5.56 Å². The Morgan fingerprint density at radius 1 is 0.944 bits per heavy atom. The van der Waals surface area contributed by atoms with E-state index in [2.05, 4.69) is 15.9 Å². The first kappa shape index (κ1) is 14.9. The van der Waals surface area contributed by atoms with Crippen molar-refractivity contribution in [3.05, 3.63) is 71.8 Å². The van der Waals surface area contributed by atoms with Gasteiger partial charge in [0.2, 0.25) is 0 Å². The summed E-state index contributed by atoms with van der Waals surface area (Å²) in [7, 11) is 0. The van der Waals surface area contributed by atoms with E-state index in [-0.39, 0.29) is 15.9 Å². The summed E-state index contributed by atoms with van der Waals surface area (Å²) >= 11 is 3.34. The summed E-state index contributed by atoms with van der Waals surface area (Å²) in [6.07, 6.45) is 0. The Morgan fingerprint density at radius 3 is 2.00 bits per heavy atom. The molecule has 0 saturated carbocycles. The van der Waals surface area contributed by atoms with Crippen molar-refractivity contribution in [1.29, 1.82) is 0 Å². The van der Waals surface area contributed by atoms with E-state index in [0.717, 1.165) is 5.56 Å². The van der Waals surface area contributed by atoms with Gasteiger partial charge in [0.05, 0.1) is 5.56 Å². The van der Waals surface area contributed by atoms with Crippen LogP contribution >= 0.6 is 25.8 Å². The lowest BCUT2D eigenvalue weighted by molar-refractivity contribution is 0.0467. The Labute approximate surface area is 118 Å². The Hall–Kier alpha value is -1.18. The van der Waals surface area contributed by atoms with Crippen molar-refractivity contribution >= 4 is 31.8 Å². The lowest BCUT2D eigenvalue weighted by Gasteiger charge is -2.11. The molecule has 0 saturated heterocycles. The first-order chi connectivity index (χ1) is 8.27. The zero-order valence-corrected chi connectivity index (χ0v) is 12.8. The van der Waals surface area contributed by atoms with Crippen molar-refractivity contribution in [1.82, 2.24) is 0 Å². The highest BCUT2D eigenvalue weighted by atomic mass is 79.9. The zero-order valence-electron chi connectivity index (χ0n) is 9.75. The van der Waals surface area contributed by atoms with Crippen LogP contribution in [0, 0.1) is 0 Å². The Morgan fingerprint density at radius 2 is 1.44 bits per heavy atom. The average Bonchev–Trinajstić information content (AvgIpc) is 2.40. The van der Waals surface area contributed by atoms with Crippen LogP contribution in [0.25, 0.3) is 0 Å². The standard InChI is InChI=1S/C14H11BrO2.H3P/c15-13(11-7-3-1-4-8-11)17-14(16)12-9-5-2-6-10-12;/h1-10,13H;1H3. The fourth-order valence-electron chi connectivity index (χ4n) is 1.41. The normalized spacial score (nSPS) is 11.2. The van der Waals surface area contributed by atoms with Crippen LogP contribution in [-0.4, -0.2) is 5.97 Å². The number of rotatable bonds is 3. The molecule has 0 N–H and O–H groups in total. The predicted octanol–water partition coefficient (Wildman–Crippen LogP) is 4.00. The van der Waals surface area contributed by atoms with Gasteiger partial charge in [-0.15, -0.1) is 0 Å². The van der Waals surface area contributed by atoms with Gasteiger partial charge in [-0.05, 0) is 28.1 Å². The van der Waals surface area contributed by atoms with E-state index in [4.69, 9.17) is 4.74 Å². The molecule has 0 aliphatic heterocycles. The third-order valence-corrected chi connectivity index (χ3v) is 3.00. The number of benzene rings is 2. The summed E-state index contributed by atoms with van der Waals surface area (Å²) in [6, 6.07) is 18.5. The van der Waals surface area contributed by atoms with Gasteiger partial charge in [0.25, 0.3) is 0 Å². The van der Waals surface area contributed by atoms with Gasteiger partial charge in [-0.1, -0.05) is 48.5 Å². The SMILES string of the molecule is O=C(OC(Br)c1ccccc1)c1ccccc1.P. The van der Waals surface area contributed by atoms with Crippen LogP contribution < -0.4 is 0 Å². The molecule has 0 radical (unpaired) electrons. The topological polar surface area (TPSA) is 26.3 Å². The summed E-state index contributed by atoms with van der Waals surface area (Å²) < 4.78 is 5.30. The maximum atomic E-state index is 11.8. The van der Waals surface area contributed by atoms with Crippen LogP contribution in [0.1, 0.15) is 20.9 Å². The Bertz CT molecular complexity index is 488. The van der Waals surface area contributed by atoms with Crippen molar-refractivity contribution in [2.75, 3.05) is 0 Å². The first-order valence-corrected chi connectivity index (χ1v) is 6.14. The van der Waals surface area contributed by atoms with E-state index in [1.807, 2.05) is 48.5 Å². The number of carbonyl (C=O) groups excluding carboxylic acids is 1. The molecular formula is C14H14BrO2P. The minimum Gasteiger partial charge on any atom is -0.442 e. The molecule has 0 spiro atoms. The van der Waals surface area contributed by atoms with Crippen LogP contribution in [0.4, 0.5) is 0 Å². The van der Waals surface area contributed by atoms with E-state index in [0.29, 0.717) is 5.56 Å². The second-order valence-corrected chi connectivity index (χ2v) is 4.33. The van der Waals surface area contributed by atoms with E-state index in [1.54, 1.807) is 12.1 Å². The van der Waals surface area contributed by atoms with Gasteiger partial charge < -0.3 is 4.74 Å². The Kier molecular flexibility index (Phi) is 6.03. The summed E-state index contributed by atoms with van der Waals surface area (Å²) in [4.78, 5) is 11.8. The molecule has 2 rings (SSSR count). The molecule has 2 atom stereocenters. The number of halogens is 1. The monoisotopic (exact) mass is 324 g/mol. The lowest BCUT2D eigenvalue weighted by atomic mass is 10.2. The number of hydrogen-bond donors (Lipinski definition) is 0. The van der Waals surface area contributed by atoms with Crippen molar-refractivity contribution < 1.29 is 9.53 Å². The van der Waals surface area contributed by atoms with Crippen molar-refractivity contribution in [3.63, 3.8) is 0 Å². The third kappa shape index (κ3) is 3.94. The molecule has 94 valence electrons. The van der Waals surface area contributed by atoms with E-state index in [1.165, 1.54) is 0 Å². The molecule has 0 fully saturated rings. The number of esters is 1. The van der Waals surface area contributed by atoms with E-state index >= 15 is 0 Å². The number of hydrogen-bond acceptors (Lipinski definition) is 2. The zero-order chi connectivity index (χ0) is 12.1. The first-order valence-electron chi connectivity index (χ1n) is 5.22. The molecule has 0 amide bonds. The molecule has 2 nitrogen and oxygen atoms in total. The molecule has 2 unspecified atom stereocenters. The maximum Gasteiger partial charge on any atom is 0.339 e. The fourth-order valence-corrected chi connectivity index (χ4v) is 1.88. The highest BCUT2D eigenvalue weighted by Crippen LogP contribution is 2.24. The van der Waals surface area contributed by atoms with Crippen molar-refractivity contribution in [2.24, 2.45) is 0 Å². The number of alkyl halides is 1. The van der Waals surface area contributed by atoms with Crippen LogP contribution in [0.3, 0.4) is 0 Å². The van der Waals surface area contributed by atoms with Crippen molar-refractivity contribution in [2.45, 2.75) is 5.01 Å². The molecule has 0 bridgehead atoms.